The number of hydrogen-bond acceptors (Lipinski definition) is 4. The van der Waals surface area contributed by atoms with E-state index in [1.807, 2.05) is 17.5 Å². The van der Waals surface area contributed by atoms with Crippen LogP contribution in [0.15, 0.2) is 35.0 Å². The maximum absolute atomic E-state index is 11.8. The predicted molar refractivity (Wildman–Crippen MR) is 75.5 cm³/mol. The van der Waals surface area contributed by atoms with E-state index in [1.165, 1.54) is 11.3 Å². The second-order valence-corrected chi connectivity index (χ2v) is 5.95. The van der Waals surface area contributed by atoms with Crippen molar-refractivity contribution in [1.82, 2.24) is 5.32 Å². The van der Waals surface area contributed by atoms with E-state index in [0.29, 0.717) is 17.7 Å². The lowest BCUT2D eigenvalue weighted by molar-refractivity contribution is -0.141. The van der Waals surface area contributed by atoms with Crippen LogP contribution in [-0.2, 0) is 16.0 Å². The van der Waals surface area contributed by atoms with Crippen molar-refractivity contribution in [3.8, 4) is 0 Å². The summed E-state index contributed by atoms with van der Waals surface area (Å²) in [5.41, 5.74) is 0. The molecule has 6 heteroatoms. The maximum atomic E-state index is 11.8. The lowest BCUT2D eigenvalue weighted by Gasteiger charge is -2.12. The number of aliphatic carboxylic acids is 1. The zero-order chi connectivity index (χ0) is 13.7. The fourth-order valence-electron chi connectivity index (χ4n) is 1.63. The highest BCUT2D eigenvalue weighted by molar-refractivity contribution is 7.10. The summed E-state index contributed by atoms with van der Waals surface area (Å²) >= 11 is 2.92. The Bertz CT molecular complexity index is 534. The third-order valence-corrected chi connectivity index (χ3v) is 4.43. The quantitative estimate of drug-likeness (QED) is 0.861. The Morgan fingerprint density at radius 3 is 2.53 bits per heavy atom. The molecule has 0 aliphatic carbocycles. The minimum absolute atomic E-state index is 0.241. The van der Waals surface area contributed by atoms with Crippen LogP contribution in [0.5, 0.6) is 0 Å². The van der Waals surface area contributed by atoms with Gasteiger partial charge in [0.15, 0.2) is 6.04 Å². The number of hydrogen-bond donors (Lipinski definition) is 2. The van der Waals surface area contributed by atoms with E-state index >= 15 is 0 Å². The molecule has 2 aromatic heterocycles. The largest absolute Gasteiger partial charge is 0.479 e. The first-order chi connectivity index (χ1) is 9.16. The molecule has 0 bridgehead atoms. The normalized spacial score (nSPS) is 12.0. The number of nitrogens with one attached hydrogen (secondary N) is 1. The Morgan fingerprint density at radius 1 is 1.21 bits per heavy atom. The first-order valence-electron chi connectivity index (χ1n) is 5.75. The number of carboxylic acids is 1. The molecular weight excluding hydrogens is 282 g/mol. The van der Waals surface area contributed by atoms with Crippen LogP contribution in [0.25, 0.3) is 0 Å². The molecule has 2 N–H and O–H groups in total. The minimum Gasteiger partial charge on any atom is -0.479 e. The van der Waals surface area contributed by atoms with Gasteiger partial charge in [-0.1, -0.05) is 12.1 Å². The summed E-state index contributed by atoms with van der Waals surface area (Å²) in [5.74, 6) is -1.28. The van der Waals surface area contributed by atoms with Crippen LogP contribution in [0.4, 0.5) is 0 Å². The van der Waals surface area contributed by atoms with Crippen molar-refractivity contribution in [3.05, 3.63) is 44.8 Å². The standard InChI is InChI=1S/C13H13NO3S2/c15-11(6-5-9-3-1-7-18-9)14-12(13(16)17)10-4-2-8-19-10/h1-4,7-8,12H,5-6H2,(H,14,15)(H,16,17). The van der Waals surface area contributed by atoms with Gasteiger partial charge in [-0.3, -0.25) is 4.79 Å². The Kier molecular flexibility index (Phi) is 4.70. The van der Waals surface area contributed by atoms with Crippen molar-refractivity contribution >= 4 is 34.6 Å². The second kappa shape index (κ2) is 6.49. The summed E-state index contributed by atoms with van der Waals surface area (Å²) < 4.78 is 0. The number of carbonyl (C=O) groups excluding carboxylic acids is 1. The van der Waals surface area contributed by atoms with Crippen LogP contribution in [0.3, 0.4) is 0 Å². The lowest BCUT2D eigenvalue weighted by Crippen LogP contribution is -2.33. The van der Waals surface area contributed by atoms with Crippen molar-refractivity contribution in [2.75, 3.05) is 0 Å². The van der Waals surface area contributed by atoms with E-state index in [4.69, 9.17) is 5.11 Å². The topological polar surface area (TPSA) is 66.4 Å². The van der Waals surface area contributed by atoms with E-state index in [1.54, 1.807) is 28.8 Å². The summed E-state index contributed by atoms with van der Waals surface area (Å²) in [7, 11) is 0. The van der Waals surface area contributed by atoms with E-state index in [-0.39, 0.29) is 5.91 Å². The van der Waals surface area contributed by atoms with Crippen LogP contribution in [0, 0.1) is 0 Å². The summed E-state index contributed by atoms with van der Waals surface area (Å²) in [6.45, 7) is 0. The van der Waals surface area contributed by atoms with E-state index < -0.39 is 12.0 Å². The molecule has 1 atom stereocenters. The van der Waals surface area contributed by atoms with Crippen molar-refractivity contribution in [2.45, 2.75) is 18.9 Å². The average molecular weight is 295 g/mol. The molecule has 1 unspecified atom stereocenters. The summed E-state index contributed by atoms with van der Waals surface area (Å²) in [6, 6.07) is 6.43. The van der Waals surface area contributed by atoms with Gasteiger partial charge in [-0.05, 0) is 29.3 Å². The molecule has 0 saturated carbocycles. The Morgan fingerprint density at radius 2 is 1.95 bits per heavy atom. The Labute approximate surface area is 118 Å². The monoisotopic (exact) mass is 295 g/mol. The van der Waals surface area contributed by atoms with Crippen LogP contribution >= 0.6 is 22.7 Å². The fourth-order valence-corrected chi connectivity index (χ4v) is 3.11. The van der Waals surface area contributed by atoms with E-state index in [9.17, 15) is 9.59 Å². The highest BCUT2D eigenvalue weighted by atomic mass is 32.1. The van der Waals surface area contributed by atoms with Crippen LogP contribution in [0.2, 0.25) is 0 Å². The molecule has 0 fully saturated rings. The van der Waals surface area contributed by atoms with Gasteiger partial charge in [0.05, 0.1) is 0 Å². The molecule has 0 saturated heterocycles. The Balaban J connectivity index is 1.90. The van der Waals surface area contributed by atoms with Gasteiger partial charge in [0.25, 0.3) is 0 Å². The maximum Gasteiger partial charge on any atom is 0.331 e. The van der Waals surface area contributed by atoms with Gasteiger partial charge in [0.1, 0.15) is 0 Å². The number of thiophene rings is 2. The first-order valence-corrected chi connectivity index (χ1v) is 7.50. The molecule has 0 aliphatic rings. The van der Waals surface area contributed by atoms with Gasteiger partial charge in [-0.2, -0.15) is 0 Å². The van der Waals surface area contributed by atoms with E-state index in [2.05, 4.69) is 5.32 Å². The van der Waals surface area contributed by atoms with Gasteiger partial charge in [-0.15, -0.1) is 22.7 Å². The smallest absolute Gasteiger partial charge is 0.331 e. The van der Waals surface area contributed by atoms with Crippen LogP contribution in [-0.4, -0.2) is 17.0 Å². The number of aryl methyl sites for hydroxylation is 1. The minimum atomic E-state index is -1.04. The molecule has 1 amide bonds. The molecule has 19 heavy (non-hydrogen) atoms. The molecule has 4 nitrogen and oxygen atoms in total. The average Bonchev–Trinajstić information content (AvgIpc) is 3.05. The first kappa shape index (κ1) is 13.8. The molecule has 0 spiro atoms. The zero-order valence-corrected chi connectivity index (χ0v) is 11.7. The van der Waals surface area contributed by atoms with Crippen molar-refractivity contribution in [2.24, 2.45) is 0 Å². The van der Waals surface area contributed by atoms with Gasteiger partial charge >= 0.3 is 5.97 Å². The van der Waals surface area contributed by atoms with Gasteiger partial charge in [0, 0.05) is 16.2 Å². The third-order valence-electron chi connectivity index (χ3n) is 2.56. The number of amides is 1. The van der Waals surface area contributed by atoms with Crippen molar-refractivity contribution < 1.29 is 14.7 Å². The highest BCUT2D eigenvalue weighted by Gasteiger charge is 2.22. The SMILES string of the molecule is O=C(CCc1cccs1)NC(C(=O)O)c1cccs1. The van der Waals surface area contributed by atoms with Gasteiger partial charge in [0.2, 0.25) is 5.91 Å². The predicted octanol–water partition coefficient (Wildman–Crippen LogP) is 2.68. The van der Waals surface area contributed by atoms with Gasteiger partial charge in [-0.25, -0.2) is 4.79 Å². The van der Waals surface area contributed by atoms with Crippen molar-refractivity contribution in [3.63, 3.8) is 0 Å². The summed E-state index contributed by atoms with van der Waals surface area (Å²) in [6.07, 6.45) is 0.940. The van der Waals surface area contributed by atoms with Crippen molar-refractivity contribution in [1.29, 1.82) is 0 Å². The molecule has 2 aromatic rings. The Hall–Kier alpha value is -1.66. The summed E-state index contributed by atoms with van der Waals surface area (Å²) in [4.78, 5) is 24.7. The third kappa shape index (κ3) is 3.90. The molecule has 0 aliphatic heterocycles. The van der Waals surface area contributed by atoms with Crippen LogP contribution in [0.1, 0.15) is 22.2 Å². The fraction of sp³-hybridized carbons (Fsp3) is 0.231. The van der Waals surface area contributed by atoms with Gasteiger partial charge < -0.3 is 10.4 Å². The lowest BCUT2D eigenvalue weighted by atomic mass is 10.2. The number of rotatable bonds is 6. The molecule has 2 heterocycles. The van der Waals surface area contributed by atoms with E-state index in [0.717, 1.165) is 4.88 Å². The number of carboxylic acid groups (broad SMARTS) is 1. The zero-order valence-electron chi connectivity index (χ0n) is 10.0. The number of carbonyl (C=O) groups is 2. The molecular formula is C13H13NO3S2. The molecule has 2 rings (SSSR count). The second-order valence-electron chi connectivity index (χ2n) is 3.93. The van der Waals surface area contributed by atoms with Crippen LogP contribution < -0.4 is 5.32 Å². The molecule has 0 radical (unpaired) electrons. The molecule has 0 aromatic carbocycles. The highest BCUT2D eigenvalue weighted by Crippen LogP contribution is 2.19. The summed E-state index contributed by atoms with van der Waals surface area (Å²) in [5, 5.41) is 15.5. The molecule has 100 valence electrons.